The molecular weight excluding hydrogens is 260 g/mol. The average Bonchev–Trinajstić information content (AvgIpc) is 2.17. The van der Waals surface area contributed by atoms with Crippen molar-refractivity contribution in [1.29, 1.82) is 0 Å². The minimum absolute atomic E-state index is 0.141. The number of nitrogens with zero attached hydrogens (tertiary/aromatic N) is 1. The van der Waals surface area contributed by atoms with Crippen LogP contribution in [-0.4, -0.2) is 27.8 Å². The summed E-state index contributed by atoms with van der Waals surface area (Å²) in [6.07, 6.45) is 0.557. The summed E-state index contributed by atoms with van der Waals surface area (Å²) in [5, 5.41) is 11.1. The normalized spacial score (nSPS) is 10.9. The highest BCUT2D eigenvalue weighted by atomic mass is 35.5. The van der Waals surface area contributed by atoms with Gasteiger partial charge in [-0.2, -0.15) is 0 Å². The van der Waals surface area contributed by atoms with Gasteiger partial charge in [0, 0.05) is 0 Å². The molecule has 98 valence electrons. The SMILES string of the molecule is CC(C)(C)OC(=O)Nc1cnc(Cl)c(C(=O)O)c1. The zero-order valence-electron chi connectivity index (χ0n) is 10.2. The van der Waals surface area contributed by atoms with Gasteiger partial charge in [-0.15, -0.1) is 0 Å². The first-order valence-corrected chi connectivity index (χ1v) is 5.45. The van der Waals surface area contributed by atoms with E-state index in [1.54, 1.807) is 20.8 Å². The van der Waals surface area contributed by atoms with Gasteiger partial charge in [-0.1, -0.05) is 11.6 Å². The molecule has 1 amide bonds. The van der Waals surface area contributed by atoms with Crippen molar-refractivity contribution in [1.82, 2.24) is 4.98 Å². The van der Waals surface area contributed by atoms with Crippen molar-refractivity contribution in [2.24, 2.45) is 0 Å². The number of rotatable bonds is 2. The lowest BCUT2D eigenvalue weighted by Crippen LogP contribution is -2.27. The molecule has 0 bridgehead atoms. The van der Waals surface area contributed by atoms with E-state index in [1.807, 2.05) is 0 Å². The maximum atomic E-state index is 11.5. The van der Waals surface area contributed by atoms with E-state index in [-0.39, 0.29) is 16.4 Å². The highest BCUT2D eigenvalue weighted by molar-refractivity contribution is 6.32. The van der Waals surface area contributed by atoms with Gasteiger partial charge >= 0.3 is 12.1 Å². The fourth-order valence-electron chi connectivity index (χ4n) is 1.09. The Bertz CT molecular complexity index is 482. The van der Waals surface area contributed by atoms with Gasteiger partial charge in [0.05, 0.1) is 17.4 Å². The fraction of sp³-hybridized carbons (Fsp3) is 0.364. The molecule has 0 aromatic carbocycles. The van der Waals surface area contributed by atoms with Crippen LogP contribution in [0.1, 0.15) is 31.1 Å². The predicted octanol–water partition coefficient (Wildman–Crippen LogP) is 2.78. The highest BCUT2D eigenvalue weighted by Gasteiger charge is 2.17. The highest BCUT2D eigenvalue weighted by Crippen LogP contribution is 2.18. The Kier molecular flexibility index (Phi) is 4.13. The third-order valence-corrected chi connectivity index (χ3v) is 2.02. The Morgan fingerprint density at radius 2 is 2.06 bits per heavy atom. The van der Waals surface area contributed by atoms with Crippen LogP contribution in [0, 0.1) is 0 Å². The number of nitrogens with one attached hydrogen (secondary N) is 1. The summed E-state index contributed by atoms with van der Waals surface area (Å²) in [6, 6.07) is 1.21. The van der Waals surface area contributed by atoms with Crippen LogP contribution in [0.4, 0.5) is 10.5 Å². The zero-order valence-corrected chi connectivity index (χ0v) is 10.9. The van der Waals surface area contributed by atoms with Gasteiger partial charge in [-0.25, -0.2) is 14.6 Å². The van der Waals surface area contributed by atoms with Gasteiger partial charge in [0.25, 0.3) is 0 Å². The van der Waals surface area contributed by atoms with Gasteiger partial charge < -0.3 is 9.84 Å². The van der Waals surface area contributed by atoms with E-state index in [1.165, 1.54) is 12.3 Å². The lowest BCUT2D eigenvalue weighted by atomic mass is 10.2. The molecule has 0 saturated heterocycles. The smallest absolute Gasteiger partial charge is 0.412 e. The molecule has 0 radical (unpaired) electrons. The Morgan fingerprint density at radius 1 is 1.44 bits per heavy atom. The molecule has 18 heavy (non-hydrogen) atoms. The fourth-order valence-corrected chi connectivity index (χ4v) is 1.27. The van der Waals surface area contributed by atoms with Crippen molar-refractivity contribution in [3.05, 3.63) is 23.0 Å². The molecule has 1 aromatic rings. The van der Waals surface area contributed by atoms with Gasteiger partial charge in [-0.3, -0.25) is 5.32 Å². The molecule has 2 N–H and O–H groups in total. The van der Waals surface area contributed by atoms with E-state index in [2.05, 4.69) is 10.3 Å². The van der Waals surface area contributed by atoms with Crippen LogP contribution >= 0.6 is 11.6 Å². The molecule has 0 atom stereocenters. The number of amides is 1. The quantitative estimate of drug-likeness (QED) is 0.808. The molecule has 1 rings (SSSR count). The monoisotopic (exact) mass is 272 g/mol. The molecule has 0 unspecified atom stereocenters. The summed E-state index contributed by atoms with van der Waals surface area (Å²) in [5.41, 5.74) is -0.629. The number of carbonyl (C=O) groups is 2. The molecule has 1 aromatic heterocycles. The van der Waals surface area contributed by atoms with Gasteiger partial charge in [-0.05, 0) is 26.8 Å². The maximum Gasteiger partial charge on any atom is 0.412 e. The van der Waals surface area contributed by atoms with Crippen LogP contribution in [0.3, 0.4) is 0 Å². The third-order valence-electron chi connectivity index (χ3n) is 1.71. The van der Waals surface area contributed by atoms with Crippen LogP contribution in [0.5, 0.6) is 0 Å². The number of aromatic nitrogens is 1. The molecule has 0 aliphatic heterocycles. The van der Waals surface area contributed by atoms with E-state index in [9.17, 15) is 9.59 Å². The number of hydrogen-bond donors (Lipinski definition) is 2. The van der Waals surface area contributed by atoms with Crippen LogP contribution in [-0.2, 0) is 4.74 Å². The molecule has 0 aliphatic rings. The molecule has 0 saturated carbocycles. The van der Waals surface area contributed by atoms with E-state index in [4.69, 9.17) is 21.4 Å². The van der Waals surface area contributed by atoms with Gasteiger partial charge in [0.15, 0.2) is 0 Å². The van der Waals surface area contributed by atoms with E-state index in [0.717, 1.165) is 0 Å². The first-order chi connectivity index (χ1) is 8.19. The lowest BCUT2D eigenvalue weighted by Gasteiger charge is -2.19. The Labute approximate surface area is 109 Å². The topological polar surface area (TPSA) is 88.5 Å². The minimum atomic E-state index is -1.22. The molecule has 1 heterocycles. The molecule has 0 fully saturated rings. The number of hydrogen-bond acceptors (Lipinski definition) is 4. The largest absolute Gasteiger partial charge is 0.478 e. The van der Waals surface area contributed by atoms with E-state index in [0.29, 0.717) is 0 Å². The van der Waals surface area contributed by atoms with Crippen LogP contribution < -0.4 is 5.32 Å². The number of anilines is 1. The van der Waals surface area contributed by atoms with Crippen LogP contribution in [0.15, 0.2) is 12.3 Å². The summed E-state index contributed by atoms with van der Waals surface area (Å²) < 4.78 is 5.01. The molecule has 0 spiro atoms. The minimum Gasteiger partial charge on any atom is -0.478 e. The summed E-state index contributed by atoms with van der Waals surface area (Å²) in [4.78, 5) is 25.9. The molecule has 0 aliphatic carbocycles. The Morgan fingerprint density at radius 3 is 2.56 bits per heavy atom. The third kappa shape index (κ3) is 4.21. The first-order valence-electron chi connectivity index (χ1n) is 5.08. The van der Waals surface area contributed by atoms with Crippen molar-refractivity contribution < 1.29 is 19.4 Å². The number of carbonyl (C=O) groups excluding carboxylic acids is 1. The van der Waals surface area contributed by atoms with Crippen molar-refractivity contribution in [3.63, 3.8) is 0 Å². The first kappa shape index (κ1) is 14.2. The van der Waals surface area contributed by atoms with Crippen molar-refractivity contribution >= 4 is 29.4 Å². The van der Waals surface area contributed by atoms with Crippen LogP contribution in [0.25, 0.3) is 0 Å². The van der Waals surface area contributed by atoms with Crippen molar-refractivity contribution in [2.75, 3.05) is 5.32 Å². The predicted molar refractivity (Wildman–Crippen MR) is 66.1 cm³/mol. The Hall–Kier alpha value is -1.82. The number of carboxylic acid groups (broad SMARTS) is 1. The average molecular weight is 273 g/mol. The standard InChI is InChI=1S/C11H13ClN2O4/c1-11(2,3)18-10(17)14-6-4-7(9(15)16)8(12)13-5-6/h4-5H,1-3H3,(H,14,17)(H,15,16). The Balaban J connectivity index is 2.83. The second-order valence-electron chi connectivity index (χ2n) is 4.49. The number of ether oxygens (including phenoxy) is 1. The summed E-state index contributed by atoms with van der Waals surface area (Å²) in [6.45, 7) is 5.15. The summed E-state index contributed by atoms with van der Waals surface area (Å²) in [7, 11) is 0. The number of carboxylic acids is 1. The molecular formula is C11H13ClN2O4. The van der Waals surface area contributed by atoms with E-state index < -0.39 is 17.7 Å². The van der Waals surface area contributed by atoms with Gasteiger partial charge in [0.2, 0.25) is 0 Å². The summed E-state index contributed by atoms with van der Waals surface area (Å²) >= 11 is 5.60. The number of pyridine rings is 1. The van der Waals surface area contributed by atoms with Crippen molar-refractivity contribution in [2.45, 2.75) is 26.4 Å². The zero-order chi connectivity index (χ0) is 13.9. The van der Waals surface area contributed by atoms with Crippen LogP contribution in [0.2, 0.25) is 5.15 Å². The van der Waals surface area contributed by atoms with Gasteiger partial charge in [0.1, 0.15) is 10.8 Å². The molecule has 6 nitrogen and oxygen atoms in total. The number of halogens is 1. The number of aromatic carboxylic acids is 1. The maximum absolute atomic E-state index is 11.5. The van der Waals surface area contributed by atoms with Crippen molar-refractivity contribution in [3.8, 4) is 0 Å². The second-order valence-corrected chi connectivity index (χ2v) is 4.85. The van der Waals surface area contributed by atoms with E-state index >= 15 is 0 Å². The summed E-state index contributed by atoms with van der Waals surface area (Å²) in [5.74, 6) is -1.22. The lowest BCUT2D eigenvalue weighted by molar-refractivity contribution is 0.0632. The second kappa shape index (κ2) is 5.22. The molecule has 7 heteroatoms.